The Balaban J connectivity index is 1.71. The first kappa shape index (κ1) is 17.8. The summed E-state index contributed by atoms with van der Waals surface area (Å²) in [7, 11) is 0. The number of ketones is 1. The summed E-state index contributed by atoms with van der Waals surface area (Å²) >= 11 is 0. The summed E-state index contributed by atoms with van der Waals surface area (Å²) in [5.74, 6) is -0.508. The Hall–Kier alpha value is -3.24. The Bertz CT molecular complexity index is 1080. The molecule has 0 aliphatic carbocycles. The number of carbonyl (C=O) groups is 2. The van der Waals surface area contributed by atoms with Crippen molar-refractivity contribution in [1.82, 2.24) is 0 Å². The maximum Gasteiger partial charge on any atom is 0.291 e. The van der Waals surface area contributed by atoms with Gasteiger partial charge in [-0.15, -0.1) is 0 Å². The average Bonchev–Trinajstić information content (AvgIpc) is 3.23. The van der Waals surface area contributed by atoms with E-state index in [9.17, 15) is 9.59 Å². The van der Waals surface area contributed by atoms with Crippen molar-refractivity contribution in [3.8, 4) is 0 Å². The van der Waals surface area contributed by atoms with Crippen LogP contribution in [0.4, 0.5) is 5.69 Å². The fourth-order valence-corrected chi connectivity index (χ4v) is 5.30. The fourth-order valence-electron chi connectivity index (χ4n) is 5.30. The van der Waals surface area contributed by atoms with Gasteiger partial charge in [-0.25, -0.2) is 0 Å². The quantitative estimate of drug-likeness (QED) is 0.683. The number of hydrogen-bond acceptors (Lipinski definition) is 2. The largest absolute Gasteiger partial charge is 0.326 e. The second-order valence-electron chi connectivity index (χ2n) is 8.04. The normalized spacial score (nSPS) is 27.6. The van der Waals surface area contributed by atoms with E-state index in [1.54, 1.807) is 0 Å². The number of nitrogens with two attached hydrogens (primary N) is 1. The minimum absolute atomic E-state index is 0.0372. The Kier molecular flexibility index (Phi) is 4.10. The number of anilines is 1. The molecule has 4 atom stereocenters. The third kappa shape index (κ3) is 2.56. The van der Waals surface area contributed by atoms with E-state index in [2.05, 4.69) is 17.6 Å². The van der Waals surface area contributed by atoms with Crippen molar-refractivity contribution >= 4 is 17.4 Å². The summed E-state index contributed by atoms with van der Waals surface area (Å²) in [6.07, 6.45) is 0. The number of rotatable bonds is 3. The minimum Gasteiger partial charge on any atom is -0.326 e. The molecule has 144 valence electrons. The Morgan fingerprint density at radius 1 is 0.897 bits per heavy atom. The van der Waals surface area contributed by atoms with Crippen molar-refractivity contribution in [2.45, 2.75) is 24.4 Å². The topological polar surface area (TPSA) is 62.8 Å². The third-order valence-electron chi connectivity index (χ3n) is 6.46. The van der Waals surface area contributed by atoms with E-state index in [1.807, 2.05) is 84.9 Å². The van der Waals surface area contributed by atoms with E-state index in [-0.39, 0.29) is 29.6 Å². The van der Waals surface area contributed by atoms with Crippen LogP contribution in [0.5, 0.6) is 0 Å². The van der Waals surface area contributed by atoms with Gasteiger partial charge in [0, 0.05) is 11.1 Å². The highest BCUT2D eigenvalue weighted by atomic mass is 16.2. The number of amides is 1. The molecule has 1 saturated heterocycles. The zero-order valence-corrected chi connectivity index (χ0v) is 16.2. The fraction of sp³-hybridized carbons (Fsp3) is 0.200. The van der Waals surface area contributed by atoms with Crippen LogP contribution in [-0.2, 0) is 10.3 Å². The molecule has 2 aliphatic rings. The van der Waals surface area contributed by atoms with Gasteiger partial charge in [-0.05, 0) is 18.6 Å². The Morgan fingerprint density at radius 3 is 2.24 bits per heavy atom. The summed E-state index contributed by atoms with van der Waals surface area (Å²) in [5.41, 5.74) is 2.69. The molecule has 2 heterocycles. The molecule has 3 N–H and O–H groups in total. The van der Waals surface area contributed by atoms with E-state index in [1.165, 1.54) is 0 Å². The number of fused-ring (bicyclic) bond motifs is 2. The molecular weight excluding hydrogens is 360 g/mol. The van der Waals surface area contributed by atoms with E-state index in [0.717, 1.165) is 16.8 Å². The standard InChI is InChI=1S/C25H22N2O2/c1-16-21(23(28)18-12-6-3-7-13-18)22(17-10-4-2-5-11-17)25(27-16)19-14-8-9-15-20(19)26-24(25)29/h2-16,21-22,27H,1H3,(H,26,29)/p+1/t16-,21-,22+,25+/m0/s1. The van der Waals surface area contributed by atoms with Crippen LogP contribution in [-0.4, -0.2) is 17.7 Å². The molecule has 2 aliphatic heterocycles. The zero-order chi connectivity index (χ0) is 20.0. The van der Waals surface area contributed by atoms with Crippen molar-refractivity contribution in [2.75, 3.05) is 5.32 Å². The second kappa shape index (κ2) is 6.68. The summed E-state index contributed by atoms with van der Waals surface area (Å²) in [4.78, 5) is 27.1. The van der Waals surface area contributed by atoms with Crippen LogP contribution in [0.25, 0.3) is 0 Å². The highest BCUT2D eigenvalue weighted by molar-refractivity contribution is 6.07. The molecule has 4 heteroatoms. The third-order valence-corrected chi connectivity index (χ3v) is 6.46. The first-order valence-corrected chi connectivity index (χ1v) is 10.0. The molecule has 3 aromatic carbocycles. The zero-order valence-electron chi connectivity index (χ0n) is 16.2. The maximum absolute atomic E-state index is 13.6. The molecule has 1 amide bonds. The van der Waals surface area contributed by atoms with Crippen LogP contribution >= 0.6 is 0 Å². The molecular formula is C25H23N2O2+. The van der Waals surface area contributed by atoms with Crippen LogP contribution in [0.1, 0.15) is 34.3 Å². The number of hydrogen-bond donors (Lipinski definition) is 2. The Labute approximate surface area is 170 Å². The average molecular weight is 383 g/mol. The maximum atomic E-state index is 13.6. The van der Waals surface area contributed by atoms with Gasteiger partial charge in [-0.3, -0.25) is 9.59 Å². The summed E-state index contributed by atoms with van der Waals surface area (Å²) in [5, 5.41) is 5.18. The molecule has 0 aromatic heterocycles. The van der Waals surface area contributed by atoms with Crippen molar-refractivity contribution in [1.29, 1.82) is 0 Å². The highest BCUT2D eigenvalue weighted by Gasteiger charge is 2.66. The summed E-state index contributed by atoms with van der Waals surface area (Å²) in [6, 6.07) is 27.2. The highest BCUT2D eigenvalue weighted by Crippen LogP contribution is 2.50. The number of nitrogens with one attached hydrogen (secondary N) is 1. The van der Waals surface area contributed by atoms with E-state index >= 15 is 0 Å². The van der Waals surface area contributed by atoms with Gasteiger partial charge in [0.25, 0.3) is 5.91 Å². The summed E-state index contributed by atoms with van der Waals surface area (Å²) in [6.45, 7) is 2.06. The predicted octanol–water partition coefficient (Wildman–Crippen LogP) is 3.08. The van der Waals surface area contributed by atoms with Crippen LogP contribution in [0.3, 0.4) is 0 Å². The Morgan fingerprint density at radius 2 is 1.52 bits per heavy atom. The van der Waals surface area contributed by atoms with Crippen LogP contribution in [0.2, 0.25) is 0 Å². The number of benzene rings is 3. The van der Waals surface area contributed by atoms with Gasteiger partial charge >= 0.3 is 0 Å². The first-order valence-electron chi connectivity index (χ1n) is 10.0. The van der Waals surface area contributed by atoms with Gasteiger partial charge in [0.15, 0.2) is 5.78 Å². The second-order valence-corrected chi connectivity index (χ2v) is 8.04. The predicted molar refractivity (Wildman–Crippen MR) is 112 cm³/mol. The van der Waals surface area contributed by atoms with Crippen molar-refractivity contribution < 1.29 is 14.9 Å². The lowest BCUT2D eigenvalue weighted by atomic mass is 9.70. The molecule has 3 aromatic rings. The van der Waals surface area contributed by atoms with Crippen LogP contribution in [0.15, 0.2) is 84.9 Å². The molecule has 0 radical (unpaired) electrons. The molecule has 0 unspecified atom stereocenters. The van der Waals surface area contributed by atoms with Gasteiger partial charge in [-0.1, -0.05) is 78.9 Å². The lowest BCUT2D eigenvalue weighted by molar-refractivity contribution is -0.729. The lowest BCUT2D eigenvalue weighted by Gasteiger charge is -2.28. The van der Waals surface area contributed by atoms with Gasteiger partial charge in [0.1, 0.15) is 0 Å². The lowest BCUT2D eigenvalue weighted by Crippen LogP contribution is -2.97. The molecule has 5 rings (SSSR count). The van der Waals surface area contributed by atoms with Crippen molar-refractivity contribution in [3.63, 3.8) is 0 Å². The monoisotopic (exact) mass is 383 g/mol. The molecule has 1 spiro atoms. The van der Waals surface area contributed by atoms with Crippen molar-refractivity contribution in [3.05, 3.63) is 102 Å². The number of quaternary nitrogens is 1. The van der Waals surface area contributed by atoms with Gasteiger partial charge in [0.2, 0.25) is 5.54 Å². The van der Waals surface area contributed by atoms with Crippen LogP contribution < -0.4 is 10.6 Å². The number of carbonyl (C=O) groups excluding carboxylic acids is 2. The van der Waals surface area contributed by atoms with Gasteiger partial charge in [0.05, 0.1) is 23.6 Å². The molecule has 0 bridgehead atoms. The van der Waals surface area contributed by atoms with E-state index in [0.29, 0.717) is 5.56 Å². The molecule has 29 heavy (non-hydrogen) atoms. The van der Waals surface area contributed by atoms with Crippen LogP contribution in [0, 0.1) is 5.92 Å². The number of para-hydroxylation sites is 1. The van der Waals surface area contributed by atoms with E-state index in [4.69, 9.17) is 0 Å². The molecule has 4 nitrogen and oxygen atoms in total. The van der Waals surface area contributed by atoms with Gasteiger partial charge in [-0.2, -0.15) is 0 Å². The molecule has 0 saturated carbocycles. The smallest absolute Gasteiger partial charge is 0.291 e. The minimum atomic E-state index is -0.841. The molecule has 1 fully saturated rings. The SMILES string of the molecule is C[C@@H]1[NH2+][C@@]2(C(=O)Nc3ccccc32)[C@H](c2ccccc2)[C@H]1C(=O)c1ccccc1. The first-order chi connectivity index (χ1) is 14.1. The number of Topliss-reactive ketones (excluding diaryl/α,β-unsaturated/α-hetero) is 1. The van der Waals surface area contributed by atoms with Gasteiger partial charge < -0.3 is 10.6 Å². The van der Waals surface area contributed by atoms with E-state index < -0.39 is 5.54 Å². The van der Waals surface area contributed by atoms with Crippen molar-refractivity contribution in [2.24, 2.45) is 5.92 Å². The summed E-state index contributed by atoms with van der Waals surface area (Å²) < 4.78 is 0.